The predicted molar refractivity (Wildman–Crippen MR) is 69.1 cm³/mol. The summed E-state index contributed by atoms with van der Waals surface area (Å²) in [6.45, 7) is 0.332. The number of hydrogen-bond acceptors (Lipinski definition) is 3. The van der Waals surface area contributed by atoms with Crippen LogP contribution in [0, 0.1) is 0 Å². The van der Waals surface area contributed by atoms with Gasteiger partial charge >= 0.3 is 0 Å². The third-order valence-electron chi connectivity index (χ3n) is 2.47. The van der Waals surface area contributed by atoms with Crippen molar-refractivity contribution in [2.24, 2.45) is 0 Å². The second kappa shape index (κ2) is 5.18. The summed E-state index contributed by atoms with van der Waals surface area (Å²) in [6, 6.07) is 8.52. The van der Waals surface area contributed by atoms with Crippen LogP contribution in [0.25, 0.3) is 0 Å². The number of nitrogens with two attached hydrogens (primary N) is 1. The molecule has 2 aromatic rings. The SMILES string of the molecule is Nc1cccc(CNC(=O)c2c[nH]ccc2=O)c1. The van der Waals surface area contributed by atoms with Crippen molar-refractivity contribution in [3.05, 3.63) is 64.1 Å². The van der Waals surface area contributed by atoms with Crippen LogP contribution in [-0.2, 0) is 6.54 Å². The number of hydrogen-bond donors (Lipinski definition) is 3. The first-order valence-electron chi connectivity index (χ1n) is 5.46. The molecule has 1 amide bonds. The number of rotatable bonds is 3. The van der Waals surface area contributed by atoms with Gasteiger partial charge in [0.15, 0.2) is 5.43 Å². The van der Waals surface area contributed by atoms with Crippen LogP contribution in [0.5, 0.6) is 0 Å². The Labute approximate surface area is 104 Å². The van der Waals surface area contributed by atoms with Gasteiger partial charge < -0.3 is 16.0 Å². The second-order valence-corrected chi connectivity index (χ2v) is 3.85. The molecule has 0 saturated heterocycles. The van der Waals surface area contributed by atoms with Crippen molar-refractivity contribution in [2.45, 2.75) is 6.54 Å². The molecule has 18 heavy (non-hydrogen) atoms. The summed E-state index contributed by atoms with van der Waals surface area (Å²) in [7, 11) is 0. The van der Waals surface area contributed by atoms with Gasteiger partial charge in [0, 0.05) is 30.7 Å². The quantitative estimate of drug-likeness (QED) is 0.699. The van der Waals surface area contributed by atoms with E-state index in [1.807, 2.05) is 12.1 Å². The Morgan fingerprint density at radius 3 is 2.89 bits per heavy atom. The molecule has 1 heterocycles. The maximum absolute atomic E-state index is 11.8. The minimum Gasteiger partial charge on any atom is -0.399 e. The summed E-state index contributed by atoms with van der Waals surface area (Å²) >= 11 is 0. The number of aromatic amines is 1. The van der Waals surface area contributed by atoms with Crippen molar-refractivity contribution in [3.63, 3.8) is 0 Å². The monoisotopic (exact) mass is 243 g/mol. The van der Waals surface area contributed by atoms with Gasteiger partial charge in [0.05, 0.1) is 0 Å². The number of benzene rings is 1. The molecular weight excluding hydrogens is 230 g/mol. The first-order valence-corrected chi connectivity index (χ1v) is 5.46. The first kappa shape index (κ1) is 11.9. The molecule has 0 spiro atoms. The van der Waals surface area contributed by atoms with Crippen LogP contribution in [-0.4, -0.2) is 10.9 Å². The Kier molecular flexibility index (Phi) is 3.43. The number of H-pyrrole nitrogens is 1. The minimum atomic E-state index is -0.403. The maximum Gasteiger partial charge on any atom is 0.257 e. The molecule has 1 aromatic heterocycles. The Morgan fingerprint density at radius 2 is 2.17 bits per heavy atom. The van der Waals surface area contributed by atoms with Crippen molar-refractivity contribution in [2.75, 3.05) is 5.73 Å². The van der Waals surface area contributed by atoms with E-state index in [2.05, 4.69) is 10.3 Å². The van der Waals surface area contributed by atoms with Gasteiger partial charge in [0.25, 0.3) is 5.91 Å². The van der Waals surface area contributed by atoms with Crippen LogP contribution >= 0.6 is 0 Å². The molecule has 0 unspecified atom stereocenters. The van der Waals surface area contributed by atoms with Gasteiger partial charge in [-0.3, -0.25) is 9.59 Å². The van der Waals surface area contributed by atoms with Crippen LogP contribution in [0.4, 0.5) is 5.69 Å². The van der Waals surface area contributed by atoms with Gasteiger partial charge in [0.2, 0.25) is 0 Å². The summed E-state index contributed by atoms with van der Waals surface area (Å²) in [5.74, 6) is -0.403. The number of amides is 1. The van der Waals surface area contributed by atoms with Gasteiger partial charge in [-0.25, -0.2) is 0 Å². The summed E-state index contributed by atoms with van der Waals surface area (Å²) in [6.07, 6.45) is 2.87. The lowest BCUT2D eigenvalue weighted by molar-refractivity contribution is 0.0949. The van der Waals surface area contributed by atoms with E-state index >= 15 is 0 Å². The summed E-state index contributed by atoms with van der Waals surface area (Å²) in [4.78, 5) is 25.9. The molecule has 1 aromatic carbocycles. The fourth-order valence-corrected chi connectivity index (χ4v) is 1.57. The van der Waals surface area contributed by atoms with Gasteiger partial charge in [-0.15, -0.1) is 0 Å². The number of aromatic nitrogens is 1. The molecule has 0 aliphatic rings. The molecule has 5 heteroatoms. The Hall–Kier alpha value is -2.56. The van der Waals surface area contributed by atoms with Crippen molar-refractivity contribution in [3.8, 4) is 0 Å². The van der Waals surface area contributed by atoms with Crippen LogP contribution in [0.2, 0.25) is 0 Å². The Bertz CT molecular complexity index is 619. The lowest BCUT2D eigenvalue weighted by Gasteiger charge is -2.05. The number of nitrogen functional groups attached to an aromatic ring is 1. The molecule has 92 valence electrons. The molecule has 0 saturated carbocycles. The zero-order valence-electron chi connectivity index (χ0n) is 9.64. The van der Waals surface area contributed by atoms with E-state index in [9.17, 15) is 9.59 Å². The highest BCUT2D eigenvalue weighted by molar-refractivity contribution is 5.93. The van der Waals surface area contributed by atoms with E-state index in [1.165, 1.54) is 18.5 Å². The molecule has 0 atom stereocenters. The highest BCUT2D eigenvalue weighted by Gasteiger charge is 2.08. The maximum atomic E-state index is 11.8. The topological polar surface area (TPSA) is 88.0 Å². The number of carbonyl (C=O) groups is 1. The van der Waals surface area contributed by atoms with Crippen LogP contribution < -0.4 is 16.5 Å². The fraction of sp³-hybridized carbons (Fsp3) is 0.0769. The third-order valence-corrected chi connectivity index (χ3v) is 2.47. The highest BCUT2D eigenvalue weighted by Crippen LogP contribution is 2.06. The standard InChI is InChI=1S/C13H13N3O2/c14-10-3-1-2-9(6-10)7-16-13(18)11-8-15-5-4-12(11)17/h1-6,8H,7,14H2,(H,15,17)(H,16,18). The lowest BCUT2D eigenvalue weighted by Crippen LogP contribution is -2.27. The molecule has 0 bridgehead atoms. The zero-order valence-corrected chi connectivity index (χ0v) is 9.64. The number of carbonyl (C=O) groups excluding carboxylic acids is 1. The van der Waals surface area contributed by atoms with E-state index < -0.39 is 5.91 Å². The normalized spacial score (nSPS) is 10.0. The van der Waals surface area contributed by atoms with Crippen molar-refractivity contribution in [1.29, 1.82) is 0 Å². The average molecular weight is 243 g/mol. The Balaban J connectivity index is 2.05. The fourth-order valence-electron chi connectivity index (χ4n) is 1.57. The van der Waals surface area contributed by atoms with E-state index in [0.29, 0.717) is 12.2 Å². The molecule has 0 aliphatic carbocycles. The second-order valence-electron chi connectivity index (χ2n) is 3.85. The van der Waals surface area contributed by atoms with Crippen LogP contribution in [0.3, 0.4) is 0 Å². The van der Waals surface area contributed by atoms with Crippen LogP contribution in [0.1, 0.15) is 15.9 Å². The molecule has 0 aliphatic heterocycles. The number of pyridine rings is 1. The number of nitrogens with one attached hydrogen (secondary N) is 2. The molecule has 5 nitrogen and oxygen atoms in total. The third kappa shape index (κ3) is 2.76. The summed E-state index contributed by atoms with van der Waals surface area (Å²) < 4.78 is 0. The van der Waals surface area contributed by atoms with Gasteiger partial charge in [-0.2, -0.15) is 0 Å². The molecule has 0 radical (unpaired) electrons. The van der Waals surface area contributed by atoms with Crippen molar-refractivity contribution in [1.82, 2.24) is 10.3 Å². The van der Waals surface area contributed by atoms with E-state index in [1.54, 1.807) is 12.1 Å². The van der Waals surface area contributed by atoms with Gasteiger partial charge in [-0.1, -0.05) is 12.1 Å². The predicted octanol–water partition coefficient (Wildman–Crippen LogP) is 0.887. The smallest absolute Gasteiger partial charge is 0.257 e. The van der Waals surface area contributed by atoms with Crippen LogP contribution in [0.15, 0.2) is 47.5 Å². The Morgan fingerprint density at radius 1 is 1.33 bits per heavy atom. The van der Waals surface area contributed by atoms with Crippen molar-refractivity contribution < 1.29 is 4.79 Å². The zero-order chi connectivity index (χ0) is 13.0. The number of anilines is 1. The van der Waals surface area contributed by atoms with E-state index in [-0.39, 0.29) is 11.0 Å². The molecule has 0 fully saturated rings. The largest absolute Gasteiger partial charge is 0.399 e. The summed E-state index contributed by atoms with van der Waals surface area (Å²) in [5.41, 5.74) is 6.95. The van der Waals surface area contributed by atoms with E-state index in [4.69, 9.17) is 5.73 Å². The lowest BCUT2D eigenvalue weighted by atomic mass is 10.2. The molecule has 4 N–H and O–H groups in total. The van der Waals surface area contributed by atoms with Gasteiger partial charge in [0.1, 0.15) is 5.56 Å². The van der Waals surface area contributed by atoms with E-state index in [0.717, 1.165) is 5.56 Å². The molecule has 2 rings (SSSR count). The van der Waals surface area contributed by atoms with Crippen molar-refractivity contribution >= 4 is 11.6 Å². The average Bonchev–Trinajstić information content (AvgIpc) is 2.37. The minimum absolute atomic E-state index is 0.0985. The highest BCUT2D eigenvalue weighted by atomic mass is 16.2. The summed E-state index contributed by atoms with van der Waals surface area (Å²) in [5, 5.41) is 2.67. The molecular formula is C13H13N3O2. The first-order chi connectivity index (χ1) is 8.66. The van der Waals surface area contributed by atoms with Gasteiger partial charge in [-0.05, 0) is 17.7 Å².